The van der Waals surface area contributed by atoms with Gasteiger partial charge in [-0.15, -0.1) is 0 Å². The molecule has 1 aromatic heterocycles. The first-order valence-electron chi connectivity index (χ1n) is 5.97. The Hall–Kier alpha value is -2.35. The topological polar surface area (TPSA) is 85.4 Å². The van der Waals surface area contributed by atoms with Gasteiger partial charge in [-0.05, 0) is 24.3 Å². The van der Waals surface area contributed by atoms with Crippen LogP contribution in [0.25, 0.3) is 0 Å². The molecule has 21 heavy (non-hydrogen) atoms. The number of ether oxygens (including phenoxy) is 2. The van der Waals surface area contributed by atoms with Gasteiger partial charge in [0.25, 0.3) is 5.91 Å². The Morgan fingerprint density at radius 1 is 1.29 bits per heavy atom. The highest BCUT2D eigenvalue weighted by molar-refractivity contribution is 9.10. The number of aromatic nitrogens is 2. The summed E-state index contributed by atoms with van der Waals surface area (Å²) >= 11 is 3.32. The number of carbonyl (C=O) groups is 1. The van der Waals surface area contributed by atoms with E-state index in [1.165, 1.54) is 13.3 Å². The highest BCUT2D eigenvalue weighted by atomic mass is 79.9. The molecule has 0 aliphatic heterocycles. The third-order valence-corrected chi connectivity index (χ3v) is 2.87. The number of amides is 1. The summed E-state index contributed by atoms with van der Waals surface area (Å²) in [5, 5.41) is 0. The minimum absolute atomic E-state index is 0.126. The molecule has 0 aliphatic carbocycles. The first-order chi connectivity index (χ1) is 10.2. The van der Waals surface area contributed by atoms with Gasteiger partial charge in [0.2, 0.25) is 11.8 Å². The van der Waals surface area contributed by atoms with Crippen LogP contribution in [0.1, 0.15) is 0 Å². The van der Waals surface area contributed by atoms with Gasteiger partial charge >= 0.3 is 0 Å². The minimum atomic E-state index is -0.357. The molecule has 0 saturated heterocycles. The van der Waals surface area contributed by atoms with E-state index in [1.807, 2.05) is 12.1 Å². The normalized spacial score (nSPS) is 9.81. The SMILES string of the molecule is COc1ccnc(NNC(=O)COc2ccc(Br)cc2)n1. The second-order valence-electron chi connectivity index (χ2n) is 3.84. The summed E-state index contributed by atoms with van der Waals surface area (Å²) in [6, 6.07) is 8.78. The standard InChI is InChI=1S/C13H13BrN4O3/c1-20-12-6-7-15-13(16-12)18-17-11(19)8-21-10-4-2-9(14)3-5-10/h2-7H,8H2,1H3,(H,17,19)(H,15,16,18). The van der Waals surface area contributed by atoms with E-state index in [-0.39, 0.29) is 18.5 Å². The zero-order valence-corrected chi connectivity index (χ0v) is 12.8. The van der Waals surface area contributed by atoms with E-state index in [0.29, 0.717) is 11.6 Å². The number of rotatable bonds is 6. The number of halogens is 1. The molecule has 2 N–H and O–H groups in total. The van der Waals surface area contributed by atoms with E-state index in [9.17, 15) is 4.79 Å². The maximum absolute atomic E-state index is 11.6. The molecule has 7 nitrogen and oxygen atoms in total. The molecule has 110 valence electrons. The summed E-state index contributed by atoms with van der Waals surface area (Å²) < 4.78 is 11.2. The predicted octanol–water partition coefficient (Wildman–Crippen LogP) is 1.77. The molecule has 0 saturated carbocycles. The van der Waals surface area contributed by atoms with Crippen molar-refractivity contribution in [2.45, 2.75) is 0 Å². The number of methoxy groups -OCH3 is 1. The summed E-state index contributed by atoms with van der Waals surface area (Å²) in [6.07, 6.45) is 1.51. The molecule has 1 amide bonds. The fraction of sp³-hybridized carbons (Fsp3) is 0.154. The van der Waals surface area contributed by atoms with E-state index in [1.54, 1.807) is 18.2 Å². The van der Waals surface area contributed by atoms with Crippen molar-refractivity contribution in [3.8, 4) is 11.6 Å². The van der Waals surface area contributed by atoms with Crippen molar-refractivity contribution in [3.63, 3.8) is 0 Å². The molecule has 0 unspecified atom stereocenters. The molecule has 0 aliphatic rings. The van der Waals surface area contributed by atoms with Gasteiger partial charge in [0, 0.05) is 16.7 Å². The van der Waals surface area contributed by atoms with E-state index >= 15 is 0 Å². The highest BCUT2D eigenvalue weighted by Gasteiger charge is 2.04. The highest BCUT2D eigenvalue weighted by Crippen LogP contribution is 2.15. The molecule has 2 aromatic rings. The predicted molar refractivity (Wildman–Crippen MR) is 80.0 cm³/mol. The number of hydrazine groups is 1. The molecular formula is C13H13BrN4O3. The van der Waals surface area contributed by atoms with E-state index in [0.717, 1.165) is 4.47 Å². The zero-order valence-electron chi connectivity index (χ0n) is 11.2. The molecular weight excluding hydrogens is 340 g/mol. The van der Waals surface area contributed by atoms with Crippen LogP contribution in [0, 0.1) is 0 Å². The largest absolute Gasteiger partial charge is 0.484 e. The number of anilines is 1. The van der Waals surface area contributed by atoms with Gasteiger partial charge in [-0.2, -0.15) is 4.98 Å². The van der Waals surface area contributed by atoms with Crippen LogP contribution in [0.2, 0.25) is 0 Å². The average Bonchev–Trinajstić information content (AvgIpc) is 2.52. The van der Waals surface area contributed by atoms with E-state index in [2.05, 4.69) is 36.7 Å². The summed E-state index contributed by atoms with van der Waals surface area (Å²) in [5.41, 5.74) is 5.00. The number of hydrogen-bond donors (Lipinski definition) is 2. The molecule has 0 bridgehead atoms. The smallest absolute Gasteiger partial charge is 0.276 e. The lowest BCUT2D eigenvalue weighted by molar-refractivity contribution is -0.122. The molecule has 8 heteroatoms. The first-order valence-corrected chi connectivity index (χ1v) is 6.77. The van der Waals surface area contributed by atoms with Crippen molar-refractivity contribution in [2.24, 2.45) is 0 Å². The fourth-order valence-corrected chi connectivity index (χ4v) is 1.62. The van der Waals surface area contributed by atoms with Gasteiger partial charge in [0.15, 0.2) is 6.61 Å². The molecule has 1 heterocycles. The summed E-state index contributed by atoms with van der Waals surface area (Å²) in [4.78, 5) is 19.5. The monoisotopic (exact) mass is 352 g/mol. The van der Waals surface area contributed by atoms with Gasteiger partial charge < -0.3 is 9.47 Å². The van der Waals surface area contributed by atoms with Crippen LogP contribution in [0.15, 0.2) is 41.0 Å². The molecule has 0 radical (unpaired) electrons. The molecule has 0 atom stereocenters. The van der Waals surface area contributed by atoms with Crippen LogP contribution in [0.5, 0.6) is 11.6 Å². The van der Waals surface area contributed by atoms with Gasteiger partial charge in [-0.3, -0.25) is 15.6 Å². The molecule has 2 rings (SSSR count). The Bertz CT molecular complexity index is 607. The number of carbonyl (C=O) groups excluding carboxylic acids is 1. The van der Waals surface area contributed by atoms with E-state index < -0.39 is 0 Å². The van der Waals surface area contributed by atoms with Gasteiger partial charge in [-0.25, -0.2) is 4.98 Å². The van der Waals surface area contributed by atoms with E-state index in [4.69, 9.17) is 9.47 Å². The minimum Gasteiger partial charge on any atom is -0.484 e. The van der Waals surface area contributed by atoms with Crippen molar-refractivity contribution in [3.05, 3.63) is 41.0 Å². The summed E-state index contributed by atoms with van der Waals surface area (Å²) in [7, 11) is 1.50. The fourth-order valence-electron chi connectivity index (χ4n) is 1.36. The van der Waals surface area contributed by atoms with Crippen molar-refractivity contribution >= 4 is 27.8 Å². The van der Waals surface area contributed by atoms with Crippen LogP contribution >= 0.6 is 15.9 Å². The second-order valence-corrected chi connectivity index (χ2v) is 4.75. The van der Waals surface area contributed by atoms with Crippen LogP contribution in [-0.4, -0.2) is 29.6 Å². The van der Waals surface area contributed by atoms with Crippen molar-refractivity contribution < 1.29 is 14.3 Å². The second kappa shape index (κ2) is 7.44. The molecule has 0 fully saturated rings. The van der Waals surface area contributed by atoms with Crippen molar-refractivity contribution in [2.75, 3.05) is 19.1 Å². The lowest BCUT2D eigenvalue weighted by Crippen LogP contribution is -2.34. The Morgan fingerprint density at radius 3 is 2.76 bits per heavy atom. The third-order valence-electron chi connectivity index (χ3n) is 2.34. The Kier molecular flexibility index (Phi) is 5.33. The Labute approximate surface area is 129 Å². The Morgan fingerprint density at radius 2 is 2.05 bits per heavy atom. The van der Waals surface area contributed by atoms with Crippen molar-refractivity contribution in [1.29, 1.82) is 0 Å². The number of benzene rings is 1. The maximum Gasteiger partial charge on any atom is 0.276 e. The number of nitrogens with one attached hydrogen (secondary N) is 2. The zero-order chi connectivity index (χ0) is 15.1. The van der Waals surface area contributed by atoms with Gasteiger partial charge in [0.05, 0.1) is 7.11 Å². The summed E-state index contributed by atoms with van der Waals surface area (Å²) in [6.45, 7) is -0.126. The quantitative estimate of drug-likeness (QED) is 0.770. The van der Waals surface area contributed by atoms with Crippen LogP contribution in [0.4, 0.5) is 5.95 Å². The summed E-state index contributed by atoms with van der Waals surface area (Å²) in [5.74, 6) is 0.870. The maximum atomic E-state index is 11.6. The lowest BCUT2D eigenvalue weighted by atomic mass is 10.3. The molecule has 0 spiro atoms. The first kappa shape index (κ1) is 15.0. The number of nitrogens with zero attached hydrogens (tertiary/aromatic N) is 2. The third kappa shape index (κ3) is 4.92. The Balaban J connectivity index is 1.78. The van der Waals surface area contributed by atoms with Gasteiger partial charge in [0.1, 0.15) is 5.75 Å². The molecule has 1 aromatic carbocycles. The lowest BCUT2D eigenvalue weighted by Gasteiger charge is -2.09. The number of hydrogen-bond acceptors (Lipinski definition) is 6. The average molecular weight is 353 g/mol. The van der Waals surface area contributed by atoms with Gasteiger partial charge in [-0.1, -0.05) is 15.9 Å². The van der Waals surface area contributed by atoms with Crippen LogP contribution in [-0.2, 0) is 4.79 Å². The van der Waals surface area contributed by atoms with Crippen LogP contribution in [0.3, 0.4) is 0 Å². The van der Waals surface area contributed by atoms with Crippen molar-refractivity contribution in [1.82, 2.24) is 15.4 Å². The van der Waals surface area contributed by atoms with Crippen LogP contribution < -0.4 is 20.3 Å².